The predicted molar refractivity (Wildman–Crippen MR) is 68.6 cm³/mol. The molecule has 1 atom stereocenters. The molecule has 2 aromatic rings. The summed E-state index contributed by atoms with van der Waals surface area (Å²) in [7, 11) is -4.12. The summed E-state index contributed by atoms with van der Waals surface area (Å²) in [4.78, 5) is -0.705. The van der Waals surface area contributed by atoms with Crippen LogP contribution in [-0.4, -0.2) is 14.5 Å². The third-order valence-corrected chi connectivity index (χ3v) is 4.23. The molecular weight excluding hydrogens is 288 g/mol. The van der Waals surface area contributed by atoms with Gasteiger partial charge in [0.15, 0.2) is 0 Å². The largest absolute Gasteiger partial charge is 0.469 e. The molecule has 0 saturated carbocycles. The van der Waals surface area contributed by atoms with Crippen molar-refractivity contribution in [3.8, 4) is 0 Å². The van der Waals surface area contributed by atoms with Gasteiger partial charge in [-0.05, 0) is 37.3 Å². The van der Waals surface area contributed by atoms with E-state index in [0.717, 1.165) is 12.1 Å². The molecule has 0 spiro atoms. The molecule has 0 aliphatic rings. The van der Waals surface area contributed by atoms with E-state index in [4.69, 9.17) is 4.42 Å². The standard InChI is InChI=1S/C13H13F2NO3S/c1-9(7-11-3-2-6-19-11)16-20(17,18)13-8-10(14)4-5-12(13)15/h2-6,8-9,16H,7H2,1H3. The van der Waals surface area contributed by atoms with Gasteiger partial charge in [0.25, 0.3) is 0 Å². The van der Waals surface area contributed by atoms with Crippen LogP contribution in [0.3, 0.4) is 0 Å². The van der Waals surface area contributed by atoms with Crippen LogP contribution in [0.5, 0.6) is 0 Å². The molecule has 0 amide bonds. The zero-order valence-electron chi connectivity index (χ0n) is 10.6. The quantitative estimate of drug-likeness (QED) is 0.923. The lowest BCUT2D eigenvalue weighted by Gasteiger charge is -2.13. The highest BCUT2D eigenvalue weighted by Crippen LogP contribution is 2.16. The number of hydrogen-bond acceptors (Lipinski definition) is 3. The molecule has 1 N–H and O–H groups in total. The first-order chi connectivity index (χ1) is 9.38. The fourth-order valence-corrected chi connectivity index (χ4v) is 3.12. The van der Waals surface area contributed by atoms with Crippen molar-refractivity contribution in [3.63, 3.8) is 0 Å². The summed E-state index contributed by atoms with van der Waals surface area (Å²) in [6, 6.07) is 5.16. The minimum atomic E-state index is -4.12. The lowest BCUT2D eigenvalue weighted by Crippen LogP contribution is -2.34. The first-order valence-electron chi connectivity index (χ1n) is 5.88. The summed E-state index contributed by atoms with van der Waals surface area (Å²) in [6.07, 6.45) is 1.78. The molecule has 4 nitrogen and oxygen atoms in total. The van der Waals surface area contributed by atoms with Crippen molar-refractivity contribution in [2.75, 3.05) is 0 Å². The maximum absolute atomic E-state index is 13.5. The van der Waals surface area contributed by atoms with Gasteiger partial charge >= 0.3 is 0 Å². The van der Waals surface area contributed by atoms with Gasteiger partial charge in [0, 0.05) is 12.5 Å². The van der Waals surface area contributed by atoms with E-state index in [0.29, 0.717) is 18.2 Å². The summed E-state index contributed by atoms with van der Waals surface area (Å²) >= 11 is 0. The van der Waals surface area contributed by atoms with Crippen LogP contribution in [0.15, 0.2) is 45.9 Å². The lowest BCUT2D eigenvalue weighted by atomic mass is 10.2. The van der Waals surface area contributed by atoms with Crippen LogP contribution in [0.4, 0.5) is 8.78 Å². The molecule has 7 heteroatoms. The van der Waals surface area contributed by atoms with E-state index >= 15 is 0 Å². The third kappa shape index (κ3) is 3.43. The van der Waals surface area contributed by atoms with Crippen molar-refractivity contribution in [1.29, 1.82) is 0 Å². The molecule has 108 valence electrons. The molecule has 0 aliphatic carbocycles. The Morgan fingerprint density at radius 2 is 2.05 bits per heavy atom. The van der Waals surface area contributed by atoms with Gasteiger partial charge < -0.3 is 4.42 Å². The van der Waals surface area contributed by atoms with Crippen LogP contribution in [0, 0.1) is 11.6 Å². The van der Waals surface area contributed by atoms with E-state index in [1.165, 1.54) is 6.26 Å². The molecule has 2 rings (SSSR count). The normalized spacial score (nSPS) is 13.3. The van der Waals surface area contributed by atoms with Gasteiger partial charge in [0.05, 0.1) is 6.26 Å². The number of benzene rings is 1. The van der Waals surface area contributed by atoms with E-state index < -0.39 is 32.6 Å². The van der Waals surface area contributed by atoms with Crippen molar-refractivity contribution in [1.82, 2.24) is 4.72 Å². The summed E-state index contributed by atoms with van der Waals surface area (Å²) in [5.74, 6) is -1.21. The number of halogens is 2. The number of hydrogen-bond donors (Lipinski definition) is 1. The van der Waals surface area contributed by atoms with Crippen molar-refractivity contribution in [2.24, 2.45) is 0 Å². The molecule has 1 aromatic heterocycles. The maximum Gasteiger partial charge on any atom is 0.243 e. The van der Waals surface area contributed by atoms with Gasteiger partial charge in [0.1, 0.15) is 22.3 Å². The topological polar surface area (TPSA) is 59.3 Å². The van der Waals surface area contributed by atoms with E-state index in [1.54, 1.807) is 19.1 Å². The van der Waals surface area contributed by atoms with Crippen molar-refractivity contribution >= 4 is 10.0 Å². The third-order valence-electron chi connectivity index (χ3n) is 2.63. The Morgan fingerprint density at radius 3 is 2.70 bits per heavy atom. The monoisotopic (exact) mass is 301 g/mol. The first kappa shape index (κ1) is 14.7. The number of furan rings is 1. The van der Waals surface area contributed by atoms with E-state index in [9.17, 15) is 17.2 Å². The summed E-state index contributed by atoms with van der Waals surface area (Å²) < 4.78 is 57.9. The van der Waals surface area contributed by atoms with Crippen LogP contribution < -0.4 is 4.72 Å². The van der Waals surface area contributed by atoms with Gasteiger partial charge in [-0.15, -0.1) is 0 Å². The molecule has 0 fully saturated rings. The average molecular weight is 301 g/mol. The van der Waals surface area contributed by atoms with Gasteiger partial charge in [-0.3, -0.25) is 0 Å². The van der Waals surface area contributed by atoms with Crippen LogP contribution in [0.2, 0.25) is 0 Å². The summed E-state index contributed by atoms with van der Waals surface area (Å²) in [6.45, 7) is 1.61. The number of sulfonamides is 1. The van der Waals surface area contributed by atoms with Crippen molar-refractivity contribution in [3.05, 3.63) is 54.0 Å². The Balaban J connectivity index is 2.16. The zero-order valence-corrected chi connectivity index (χ0v) is 11.5. The molecule has 0 bridgehead atoms. The fourth-order valence-electron chi connectivity index (χ4n) is 1.78. The summed E-state index contributed by atoms with van der Waals surface area (Å²) in [5.41, 5.74) is 0. The van der Waals surface area contributed by atoms with Crippen molar-refractivity contribution < 1.29 is 21.6 Å². The Hall–Kier alpha value is -1.73. The Bertz CT molecular complexity index is 684. The van der Waals surface area contributed by atoms with Gasteiger partial charge in [-0.1, -0.05) is 0 Å². The van der Waals surface area contributed by atoms with Gasteiger partial charge in [-0.2, -0.15) is 0 Å². The highest BCUT2D eigenvalue weighted by molar-refractivity contribution is 7.89. The van der Waals surface area contributed by atoms with Crippen LogP contribution in [0.1, 0.15) is 12.7 Å². The van der Waals surface area contributed by atoms with Crippen LogP contribution in [0.25, 0.3) is 0 Å². The van der Waals surface area contributed by atoms with Gasteiger partial charge in [-0.25, -0.2) is 21.9 Å². The lowest BCUT2D eigenvalue weighted by molar-refractivity contribution is 0.477. The molecule has 0 aliphatic heterocycles. The SMILES string of the molecule is CC(Cc1ccco1)NS(=O)(=O)c1cc(F)ccc1F. The highest BCUT2D eigenvalue weighted by Gasteiger charge is 2.22. The van der Waals surface area contributed by atoms with Crippen molar-refractivity contribution in [2.45, 2.75) is 24.3 Å². The minimum absolute atomic E-state index is 0.309. The number of rotatable bonds is 5. The zero-order chi connectivity index (χ0) is 14.8. The molecular formula is C13H13F2NO3S. The molecule has 1 aromatic carbocycles. The molecule has 1 unspecified atom stereocenters. The van der Waals surface area contributed by atoms with Crippen LogP contribution in [-0.2, 0) is 16.4 Å². The number of nitrogens with one attached hydrogen (secondary N) is 1. The molecule has 20 heavy (non-hydrogen) atoms. The highest BCUT2D eigenvalue weighted by atomic mass is 32.2. The first-order valence-corrected chi connectivity index (χ1v) is 7.36. The van der Waals surface area contributed by atoms with E-state index in [-0.39, 0.29) is 0 Å². The average Bonchev–Trinajstić information content (AvgIpc) is 2.84. The summed E-state index contributed by atoms with van der Waals surface area (Å²) in [5, 5.41) is 0. The van der Waals surface area contributed by atoms with E-state index in [2.05, 4.69) is 4.72 Å². The molecule has 0 radical (unpaired) electrons. The Labute approximate surface area is 115 Å². The predicted octanol–water partition coefficient (Wildman–Crippen LogP) is 2.47. The van der Waals surface area contributed by atoms with E-state index in [1.807, 2.05) is 0 Å². The Kier molecular flexibility index (Phi) is 4.20. The smallest absolute Gasteiger partial charge is 0.243 e. The minimum Gasteiger partial charge on any atom is -0.469 e. The Morgan fingerprint density at radius 1 is 1.30 bits per heavy atom. The second-order valence-electron chi connectivity index (χ2n) is 4.38. The molecule has 1 heterocycles. The fraction of sp³-hybridized carbons (Fsp3) is 0.231. The second kappa shape index (κ2) is 5.72. The maximum atomic E-state index is 13.5. The molecule has 0 saturated heterocycles. The second-order valence-corrected chi connectivity index (χ2v) is 6.06. The van der Waals surface area contributed by atoms with Gasteiger partial charge in [0.2, 0.25) is 10.0 Å². The van der Waals surface area contributed by atoms with Crippen LogP contribution >= 0.6 is 0 Å².